The van der Waals surface area contributed by atoms with Crippen molar-refractivity contribution >= 4 is 16.0 Å². The second-order valence-corrected chi connectivity index (χ2v) is 6.86. The van der Waals surface area contributed by atoms with E-state index in [0.717, 1.165) is 9.87 Å². The molecule has 1 fully saturated rings. The third-order valence-electron chi connectivity index (χ3n) is 3.52. The molecule has 0 radical (unpaired) electrons. The number of hydrogen-bond donors (Lipinski definition) is 0. The van der Waals surface area contributed by atoms with Gasteiger partial charge in [0.25, 0.3) is 0 Å². The number of methoxy groups -OCH3 is 1. The average molecular weight is 313 g/mol. The predicted octanol–water partition coefficient (Wildman–Crippen LogP) is 0.946. The Labute approximate surface area is 124 Å². The zero-order valence-electron chi connectivity index (χ0n) is 12.3. The number of ether oxygens (including phenoxy) is 2. The topological polar surface area (TPSA) is 72.9 Å². The molecular weight excluding hydrogens is 294 g/mol. The van der Waals surface area contributed by atoms with Gasteiger partial charge in [0, 0.05) is 6.54 Å². The lowest BCUT2D eigenvalue weighted by molar-refractivity contribution is -0.154. The SMILES string of the molecule is COC(=O)[C@@H]1[C@@H](C)OCCN1S(=O)(=O)c1ccc(C)cc1. The number of benzene rings is 1. The van der Waals surface area contributed by atoms with Gasteiger partial charge in [-0.05, 0) is 26.0 Å². The van der Waals surface area contributed by atoms with Gasteiger partial charge in [0.1, 0.15) is 6.04 Å². The minimum Gasteiger partial charge on any atom is -0.468 e. The van der Waals surface area contributed by atoms with Crippen LogP contribution in [-0.2, 0) is 24.3 Å². The number of rotatable bonds is 3. The highest BCUT2D eigenvalue weighted by atomic mass is 32.2. The van der Waals surface area contributed by atoms with Crippen LogP contribution in [-0.4, -0.2) is 51.1 Å². The van der Waals surface area contributed by atoms with Crippen LogP contribution in [0.25, 0.3) is 0 Å². The number of hydrogen-bond acceptors (Lipinski definition) is 5. The lowest BCUT2D eigenvalue weighted by atomic mass is 10.1. The fraction of sp³-hybridized carbons (Fsp3) is 0.500. The molecule has 1 aliphatic heterocycles. The Kier molecular flexibility index (Phi) is 4.65. The molecule has 2 atom stereocenters. The van der Waals surface area contributed by atoms with Gasteiger partial charge in [0.05, 0.1) is 24.7 Å². The van der Waals surface area contributed by atoms with Gasteiger partial charge in [-0.2, -0.15) is 4.31 Å². The number of sulfonamides is 1. The van der Waals surface area contributed by atoms with Crippen molar-refractivity contribution in [3.63, 3.8) is 0 Å². The minimum atomic E-state index is -3.76. The minimum absolute atomic E-state index is 0.125. The highest BCUT2D eigenvalue weighted by molar-refractivity contribution is 7.89. The first-order chi connectivity index (χ1) is 9.87. The quantitative estimate of drug-likeness (QED) is 0.777. The van der Waals surface area contributed by atoms with E-state index >= 15 is 0 Å². The summed E-state index contributed by atoms with van der Waals surface area (Å²) in [6.07, 6.45) is -0.550. The molecular formula is C14H19NO5S. The van der Waals surface area contributed by atoms with Crippen LogP contribution in [0.15, 0.2) is 29.2 Å². The van der Waals surface area contributed by atoms with Gasteiger partial charge in [-0.3, -0.25) is 4.79 Å². The second kappa shape index (κ2) is 6.13. The largest absolute Gasteiger partial charge is 0.468 e. The lowest BCUT2D eigenvalue weighted by Gasteiger charge is -2.36. The van der Waals surface area contributed by atoms with Crippen LogP contribution in [0.4, 0.5) is 0 Å². The Morgan fingerprint density at radius 1 is 1.33 bits per heavy atom. The number of morpholine rings is 1. The predicted molar refractivity (Wildman–Crippen MR) is 76.3 cm³/mol. The number of carbonyl (C=O) groups is 1. The van der Waals surface area contributed by atoms with E-state index in [1.54, 1.807) is 31.2 Å². The van der Waals surface area contributed by atoms with E-state index in [1.807, 2.05) is 6.92 Å². The number of esters is 1. The van der Waals surface area contributed by atoms with Crippen molar-refractivity contribution in [3.8, 4) is 0 Å². The molecule has 1 aliphatic rings. The van der Waals surface area contributed by atoms with Crippen LogP contribution in [0.3, 0.4) is 0 Å². The number of aryl methyl sites for hydroxylation is 1. The zero-order valence-corrected chi connectivity index (χ0v) is 13.1. The second-order valence-electron chi connectivity index (χ2n) is 4.97. The highest BCUT2D eigenvalue weighted by Crippen LogP contribution is 2.24. The van der Waals surface area contributed by atoms with E-state index < -0.39 is 28.1 Å². The first kappa shape index (κ1) is 15.9. The van der Waals surface area contributed by atoms with Crippen molar-refractivity contribution in [1.29, 1.82) is 0 Å². The lowest BCUT2D eigenvalue weighted by Crippen LogP contribution is -2.56. The van der Waals surface area contributed by atoms with E-state index in [-0.39, 0.29) is 18.0 Å². The first-order valence-corrected chi connectivity index (χ1v) is 8.10. The summed E-state index contributed by atoms with van der Waals surface area (Å²) in [5.74, 6) is -0.613. The molecule has 0 N–H and O–H groups in total. The molecule has 0 bridgehead atoms. The van der Waals surface area contributed by atoms with Crippen molar-refractivity contribution in [2.24, 2.45) is 0 Å². The molecule has 116 valence electrons. The van der Waals surface area contributed by atoms with Crippen LogP contribution >= 0.6 is 0 Å². The number of nitrogens with zero attached hydrogens (tertiary/aromatic N) is 1. The molecule has 2 rings (SSSR count). The third-order valence-corrected chi connectivity index (χ3v) is 5.41. The molecule has 1 saturated heterocycles. The van der Waals surface area contributed by atoms with E-state index in [9.17, 15) is 13.2 Å². The van der Waals surface area contributed by atoms with Crippen LogP contribution in [0.1, 0.15) is 12.5 Å². The molecule has 0 spiro atoms. The van der Waals surface area contributed by atoms with Gasteiger partial charge in [0.15, 0.2) is 0 Å². The van der Waals surface area contributed by atoms with E-state index in [2.05, 4.69) is 0 Å². The molecule has 1 aromatic rings. The van der Waals surface area contributed by atoms with Crippen LogP contribution in [0, 0.1) is 6.92 Å². The summed E-state index contributed by atoms with van der Waals surface area (Å²) in [6, 6.07) is 5.57. The van der Waals surface area contributed by atoms with Gasteiger partial charge in [0.2, 0.25) is 10.0 Å². The fourth-order valence-corrected chi connectivity index (χ4v) is 3.96. The molecule has 1 heterocycles. The smallest absolute Gasteiger partial charge is 0.326 e. The fourth-order valence-electron chi connectivity index (χ4n) is 2.34. The number of carbonyl (C=O) groups excluding carboxylic acids is 1. The van der Waals surface area contributed by atoms with E-state index in [0.29, 0.717) is 0 Å². The van der Waals surface area contributed by atoms with Gasteiger partial charge < -0.3 is 9.47 Å². The Hall–Kier alpha value is -1.44. The van der Waals surface area contributed by atoms with Gasteiger partial charge >= 0.3 is 5.97 Å². The standard InChI is InChI=1S/C14H19NO5S/c1-10-4-6-12(7-5-10)21(17,18)15-8-9-20-11(2)13(15)14(16)19-3/h4-7,11,13H,8-9H2,1-3H3/t11-,13+/m1/s1. The van der Waals surface area contributed by atoms with Crippen LogP contribution in [0.5, 0.6) is 0 Å². The molecule has 0 amide bonds. The molecule has 0 aromatic heterocycles. The van der Waals surface area contributed by atoms with Crippen LogP contribution in [0.2, 0.25) is 0 Å². The van der Waals surface area contributed by atoms with E-state index in [4.69, 9.17) is 9.47 Å². The van der Waals surface area contributed by atoms with Crippen LogP contribution < -0.4 is 0 Å². The molecule has 0 saturated carbocycles. The average Bonchev–Trinajstić information content (AvgIpc) is 2.46. The van der Waals surface area contributed by atoms with Crippen molar-refractivity contribution in [3.05, 3.63) is 29.8 Å². The van der Waals surface area contributed by atoms with Gasteiger partial charge in [-0.15, -0.1) is 0 Å². The van der Waals surface area contributed by atoms with Crippen molar-refractivity contribution < 1.29 is 22.7 Å². The summed E-state index contributed by atoms with van der Waals surface area (Å²) in [6.45, 7) is 3.92. The Morgan fingerprint density at radius 2 is 1.95 bits per heavy atom. The maximum Gasteiger partial charge on any atom is 0.326 e. The molecule has 7 heteroatoms. The molecule has 21 heavy (non-hydrogen) atoms. The molecule has 6 nitrogen and oxygen atoms in total. The Balaban J connectivity index is 2.40. The van der Waals surface area contributed by atoms with Crippen molar-refractivity contribution in [2.45, 2.75) is 30.9 Å². The molecule has 0 unspecified atom stereocenters. The third kappa shape index (κ3) is 3.09. The zero-order chi connectivity index (χ0) is 15.6. The summed E-state index contributed by atoms with van der Waals surface area (Å²) >= 11 is 0. The highest BCUT2D eigenvalue weighted by Gasteiger charge is 2.43. The summed E-state index contributed by atoms with van der Waals surface area (Å²) in [5.41, 5.74) is 0.966. The maximum absolute atomic E-state index is 12.7. The van der Waals surface area contributed by atoms with Gasteiger partial charge in [-0.25, -0.2) is 8.42 Å². The van der Waals surface area contributed by atoms with E-state index in [1.165, 1.54) is 7.11 Å². The Morgan fingerprint density at radius 3 is 2.52 bits per heavy atom. The first-order valence-electron chi connectivity index (χ1n) is 6.66. The molecule has 1 aromatic carbocycles. The summed E-state index contributed by atoms with van der Waals surface area (Å²) in [7, 11) is -2.53. The maximum atomic E-state index is 12.7. The van der Waals surface area contributed by atoms with Gasteiger partial charge in [-0.1, -0.05) is 17.7 Å². The molecule has 0 aliphatic carbocycles. The Bertz CT molecular complexity index is 611. The summed E-state index contributed by atoms with van der Waals surface area (Å²) < 4.78 is 36.7. The monoisotopic (exact) mass is 313 g/mol. The summed E-state index contributed by atoms with van der Waals surface area (Å²) in [5, 5.41) is 0. The van der Waals surface area contributed by atoms with Crippen molar-refractivity contribution in [1.82, 2.24) is 4.31 Å². The normalized spacial score (nSPS) is 23.8. The summed E-state index contributed by atoms with van der Waals surface area (Å²) in [4.78, 5) is 12.1. The van der Waals surface area contributed by atoms with Crippen molar-refractivity contribution in [2.75, 3.05) is 20.3 Å².